The number of nitrogens with two attached hydrogens (primary N) is 1. The van der Waals surface area contributed by atoms with Gasteiger partial charge in [0.2, 0.25) is 5.91 Å². The predicted molar refractivity (Wildman–Crippen MR) is 63.3 cm³/mol. The molecule has 1 aliphatic rings. The second kappa shape index (κ2) is 4.53. The fourth-order valence-corrected chi connectivity index (χ4v) is 2.51. The Hall–Kier alpha value is -0.910. The molecule has 3 N–H and O–H groups in total. The quantitative estimate of drug-likeness (QED) is 0.821. The van der Waals surface area contributed by atoms with Crippen molar-refractivity contribution in [3.8, 4) is 0 Å². The van der Waals surface area contributed by atoms with Crippen LogP contribution in [0.2, 0.25) is 0 Å². The highest BCUT2D eigenvalue weighted by Crippen LogP contribution is 2.17. The Morgan fingerprint density at radius 1 is 1.69 bits per heavy atom. The molecule has 1 aliphatic heterocycles. The number of hydrogen-bond donors (Lipinski definition) is 2. The molecule has 1 aromatic heterocycles. The van der Waals surface area contributed by atoms with Crippen LogP contribution in [0.1, 0.15) is 16.2 Å². The number of amides is 1. The molecule has 1 atom stereocenters. The molecule has 16 heavy (non-hydrogen) atoms. The molecule has 0 bridgehead atoms. The number of carbonyl (C=O) groups excluding carboxylic acids is 1. The van der Waals surface area contributed by atoms with Gasteiger partial charge in [-0.25, -0.2) is 0 Å². The Morgan fingerprint density at radius 2 is 2.50 bits per heavy atom. The van der Waals surface area contributed by atoms with Crippen LogP contribution in [-0.2, 0) is 16.1 Å². The number of nitrogens with one attached hydrogen (secondary N) is 1. The fourth-order valence-electron chi connectivity index (χ4n) is 1.68. The van der Waals surface area contributed by atoms with Crippen LogP contribution in [0.5, 0.6) is 0 Å². The van der Waals surface area contributed by atoms with Crippen LogP contribution in [0, 0.1) is 6.92 Å². The van der Waals surface area contributed by atoms with Gasteiger partial charge in [0, 0.05) is 16.4 Å². The molecule has 0 radical (unpaired) electrons. The molecule has 5 heteroatoms. The van der Waals surface area contributed by atoms with Gasteiger partial charge in [-0.2, -0.15) is 0 Å². The van der Waals surface area contributed by atoms with Crippen molar-refractivity contribution in [2.75, 3.05) is 13.2 Å². The zero-order valence-corrected chi connectivity index (χ0v) is 10.1. The van der Waals surface area contributed by atoms with E-state index in [1.165, 1.54) is 4.88 Å². The number of rotatable bonds is 3. The topological polar surface area (TPSA) is 64.4 Å². The minimum Gasteiger partial charge on any atom is -0.379 e. The summed E-state index contributed by atoms with van der Waals surface area (Å²) in [6.45, 7) is 3.49. The number of carbonyl (C=O) groups is 1. The van der Waals surface area contributed by atoms with Crippen LogP contribution in [0.3, 0.4) is 0 Å². The molecule has 1 fully saturated rings. The van der Waals surface area contributed by atoms with E-state index in [9.17, 15) is 4.79 Å². The Morgan fingerprint density at radius 3 is 3.06 bits per heavy atom. The first-order chi connectivity index (χ1) is 7.60. The molecular formula is C11H16N2O2S. The highest BCUT2D eigenvalue weighted by atomic mass is 32.1. The van der Waals surface area contributed by atoms with E-state index in [2.05, 4.69) is 5.32 Å². The molecule has 0 spiro atoms. The second-order valence-electron chi connectivity index (χ2n) is 4.15. The lowest BCUT2D eigenvalue weighted by Crippen LogP contribution is -2.54. The van der Waals surface area contributed by atoms with Crippen molar-refractivity contribution >= 4 is 17.2 Å². The van der Waals surface area contributed by atoms with E-state index in [1.54, 1.807) is 11.3 Å². The lowest BCUT2D eigenvalue weighted by atomic mass is 9.99. The summed E-state index contributed by atoms with van der Waals surface area (Å²) in [5.74, 6) is -0.115. The van der Waals surface area contributed by atoms with Gasteiger partial charge in [-0.15, -0.1) is 11.3 Å². The van der Waals surface area contributed by atoms with Crippen LogP contribution in [-0.4, -0.2) is 24.7 Å². The minimum atomic E-state index is -0.827. The Balaban J connectivity index is 1.88. The van der Waals surface area contributed by atoms with Crippen LogP contribution in [0.4, 0.5) is 0 Å². The summed E-state index contributed by atoms with van der Waals surface area (Å²) < 4.78 is 5.15. The Bertz CT molecular complexity index is 383. The first kappa shape index (κ1) is 11.6. The van der Waals surface area contributed by atoms with Crippen LogP contribution >= 0.6 is 11.3 Å². The monoisotopic (exact) mass is 240 g/mol. The fraction of sp³-hybridized carbons (Fsp3) is 0.545. The van der Waals surface area contributed by atoms with Crippen LogP contribution in [0.25, 0.3) is 0 Å². The van der Waals surface area contributed by atoms with Gasteiger partial charge in [0.25, 0.3) is 0 Å². The molecule has 1 unspecified atom stereocenters. The summed E-state index contributed by atoms with van der Waals surface area (Å²) in [7, 11) is 0. The van der Waals surface area contributed by atoms with Gasteiger partial charge in [0.15, 0.2) is 0 Å². The summed E-state index contributed by atoms with van der Waals surface area (Å²) in [5.41, 5.74) is 5.11. The highest BCUT2D eigenvalue weighted by molar-refractivity contribution is 7.11. The average molecular weight is 240 g/mol. The maximum Gasteiger partial charge on any atom is 0.242 e. The Kier molecular flexibility index (Phi) is 3.28. The third kappa shape index (κ3) is 2.42. The van der Waals surface area contributed by atoms with Crippen molar-refractivity contribution in [2.24, 2.45) is 5.73 Å². The van der Waals surface area contributed by atoms with E-state index in [0.717, 1.165) is 4.88 Å². The van der Waals surface area contributed by atoms with Gasteiger partial charge in [0.1, 0.15) is 5.54 Å². The summed E-state index contributed by atoms with van der Waals surface area (Å²) in [4.78, 5) is 14.2. The molecule has 1 saturated heterocycles. The van der Waals surface area contributed by atoms with Crippen molar-refractivity contribution in [3.63, 3.8) is 0 Å². The van der Waals surface area contributed by atoms with Crippen molar-refractivity contribution in [1.29, 1.82) is 0 Å². The molecule has 88 valence electrons. The molecule has 1 aromatic rings. The van der Waals surface area contributed by atoms with Gasteiger partial charge >= 0.3 is 0 Å². The summed E-state index contributed by atoms with van der Waals surface area (Å²) in [6.07, 6.45) is 0.600. The van der Waals surface area contributed by atoms with Crippen molar-refractivity contribution in [3.05, 3.63) is 21.9 Å². The van der Waals surface area contributed by atoms with E-state index in [-0.39, 0.29) is 5.91 Å². The van der Waals surface area contributed by atoms with Crippen molar-refractivity contribution in [1.82, 2.24) is 5.32 Å². The first-order valence-electron chi connectivity index (χ1n) is 5.30. The van der Waals surface area contributed by atoms with Gasteiger partial charge in [-0.3, -0.25) is 4.79 Å². The van der Waals surface area contributed by atoms with Crippen LogP contribution < -0.4 is 11.1 Å². The Labute approximate surface area is 98.8 Å². The molecule has 2 rings (SSSR count). The standard InChI is InChI=1S/C11H16N2O2S/c1-8-2-3-9(16-8)6-13-10(14)11(12)4-5-15-7-11/h2-3H,4-7,12H2,1H3,(H,13,14). The smallest absolute Gasteiger partial charge is 0.242 e. The zero-order valence-electron chi connectivity index (χ0n) is 9.29. The number of aryl methyl sites for hydroxylation is 1. The number of thiophene rings is 1. The lowest BCUT2D eigenvalue weighted by molar-refractivity contribution is -0.126. The average Bonchev–Trinajstić information content (AvgIpc) is 2.85. The molecule has 1 amide bonds. The largest absolute Gasteiger partial charge is 0.379 e. The van der Waals surface area contributed by atoms with E-state index in [0.29, 0.717) is 26.2 Å². The van der Waals surface area contributed by atoms with Crippen molar-refractivity contribution < 1.29 is 9.53 Å². The highest BCUT2D eigenvalue weighted by Gasteiger charge is 2.37. The third-order valence-corrected chi connectivity index (χ3v) is 3.72. The molecule has 0 aromatic carbocycles. The van der Waals surface area contributed by atoms with E-state index >= 15 is 0 Å². The van der Waals surface area contributed by atoms with Gasteiger partial charge < -0.3 is 15.8 Å². The summed E-state index contributed by atoms with van der Waals surface area (Å²) in [6, 6.07) is 4.07. The molecular weight excluding hydrogens is 224 g/mol. The van der Waals surface area contributed by atoms with Crippen LogP contribution in [0.15, 0.2) is 12.1 Å². The first-order valence-corrected chi connectivity index (χ1v) is 6.12. The molecule has 4 nitrogen and oxygen atoms in total. The van der Waals surface area contributed by atoms with Gasteiger partial charge in [-0.1, -0.05) is 0 Å². The lowest BCUT2D eigenvalue weighted by Gasteiger charge is -2.20. The minimum absolute atomic E-state index is 0.115. The molecule has 2 heterocycles. The number of ether oxygens (including phenoxy) is 1. The maximum atomic E-state index is 11.8. The molecule has 0 saturated carbocycles. The maximum absolute atomic E-state index is 11.8. The second-order valence-corrected chi connectivity index (χ2v) is 5.53. The number of hydrogen-bond acceptors (Lipinski definition) is 4. The van der Waals surface area contributed by atoms with E-state index < -0.39 is 5.54 Å². The third-order valence-electron chi connectivity index (χ3n) is 2.72. The summed E-state index contributed by atoms with van der Waals surface area (Å²) in [5, 5.41) is 2.86. The predicted octanol–water partition coefficient (Wildman–Crippen LogP) is 0.791. The van der Waals surface area contributed by atoms with Gasteiger partial charge in [-0.05, 0) is 25.5 Å². The van der Waals surface area contributed by atoms with E-state index in [1.807, 2.05) is 19.1 Å². The zero-order chi connectivity index (χ0) is 11.6. The summed E-state index contributed by atoms with van der Waals surface area (Å²) >= 11 is 1.68. The normalized spacial score (nSPS) is 24.6. The van der Waals surface area contributed by atoms with Crippen molar-refractivity contribution in [2.45, 2.75) is 25.4 Å². The molecule has 0 aliphatic carbocycles. The van der Waals surface area contributed by atoms with E-state index in [4.69, 9.17) is 10.5 Å². The van der Waals surface area contributed by atoms with Gasteiger partial charge in [0.05, 0.1) is 13.2 Å². The SMILES string of the molecule is Cc1ccc(CNC(=O)C2(N)CCOC2)s1.